The molecule has 2 saturated carbocycles. The van der Waals surface area contributed by atoms with Crippen molar-refractivity contribution in [2.45, 2.75) is 63.5 Å². The van der Waals surface area contributed by atoms with Crippen LogP contribution >= 0.6 is 0 Å². The summed E-state index contributed by atoms with van der Waals surface area (Å²) in [5.74, 6) is -2.13. The van der Waals surface area contributed by atoms with Gasteiger partial charge in [0.05, 0.1) is 17.9 Å². The van der Waals surface area contributed by atoms with Gasteiger partial charge in [0, 0.05) is 19.6 Å². The summed E-state index contributed by atoms with van der Waals surface area (Å²) >= 11 is 0. The van der Waals surface area contributed by atoms with Crippen LogP contribution in [0, 0.1) is 23.7 Å². The Morgan fingerprint density at radius 3 is 2.16 bits per heavy atom. The molecule has 2 unspecified atom stereocenters. The summed E-state index contributed by atoms with van der Waals surface area (Å²) < 4.78 is 86.8. The van der Waals surface area contributed by atoms with E-state index < -0.39 is 35.9 Å². The standard InChI is InChI=1S/C27H29F6NO3/c28-26(29,30)20-3-5-21(6-4-20)37-23-8-2-16-9-15(1-7-22(16)24(23)27(31,32)33)12-34-13-18-10-17(25(35)36)11-19(18)14-34/h1-2,7-9,17-21H,3-6,10-14H2,(H,35,36)/t17?,18?,19?,20-,21+. The summed E-state index contributed by atoms with van der Waals surface area (Å²) in [6.45, 7) is 2.13. The Kier molecular flexibility index (Phi) is 6.83. The van der Waals surface area contributed by atoms with E-state index in [1.807, 2.05) is 0 Å². The maximum absolute atomic E-state index is 14.1. The van der Waals surface area contributed by atoms with Crippen LogP contribution in [0.3, 0.4) is 0 Å². The third kappa shape index (κ3) is 5.54. The summed E-state index contributed by atoms with van der Waals surface area (Å²) in [6, 6.07) is 7.69. The summed E-state index contributed by atoms with van der Waals surface area (Å²) in [6.07, 6.45) is -8.51. The average molecular weight is 530 g/mol. The van der Waals surface area contributed by atoms with Crippen molar-refractivity contribution < 1.29 is 41.0 Å². The SMILES string of the molecule is O=C(O)C1CC2CN(Cc3ccc4c(C(F)(F)F)c(O[C@H]5CC[C@@H](C(F)(F)F)CC5)ccc4c3)CC2C1. The van der Waals surface area contributed by atoms with Crippen LogP contribution in [-0.2, 0) is 17.5 Å². The predicted molar refractivity (Wildman–Crippen MR) is 124 cm³/mol. The van der Waals surface area contributed by atoms with Crippen LogP contribution in [0.2, 0.25) is 0 Å². The van der Waals surface area contributed by atoms with E-state index in [9.17, 15) is 36.2 Å². The van der Waals surface area contributed by atoms with E-state index in [1.54, 1.807) is 18.2 Å². The number of nitrogens with zero attached hydrogens (tertiary/aromatic N) is 1. The maximum atomic E-state index is 14.1. The molecular formula is C27H29F6NO3. The quantitative estimate of drug-likeness (QED) is 0.428. The number of likely N-dealkylation sites (tertiary alicyclic amines) is 1. The zero-order valence-corrected chi connectivity index (χ0v) is 20.1. The molecular weight excluding hydrogens is 500 g/mol. The second-order valence-corrected chi connectivity index (χ2v) is 10.8. The van der Waals surface area contributed by atoms with E-state index in [2.05, 4.69) is 4.90 Å². The second-order valence-electron chi connectivity index (χ2n) is 10.8. The first-order chi connectivity index (χ1) is 17.4. The molecule has 0 bridgehead atoms. The third-order valence-corrected chi connectivity index (χ3v) is 8.34. The summed E-state index contributed by atoms with van der Waals surface area (Å²) in [5.41, 5.74) is -0.0283. The number of hydrogen-bond acceptors (Lipinski definition) is 3. The van der Waals surface area contributed by atoms with Crippen molar-refractivity contribution in [2.24, 2.45) is 23.7 Å². The van der Waals surface area contributed by atoms with Crippen molar-refractivity contribution in [3.63, 3.8) is 0 Å². The van der Waals surface area contributed by atoms with E-state index >= 15 is 0 Å². The lowest BCUT2D eigenvalue weighted by Crippen LogP contribution is -2.32. The number of alkyl halides is 6. The molecule has 0 spiro atoms. The fourth-order valence-corrected chi connectivity index (χ4v) is 6.52. The molecule has 37 heavy (non-hydrogen) atoms. The van der Waals surface area contributed by atoms with Crippen LogP contribution in [0.25, 0.3) is 10.8 Å². The Morgan fingerprint density at radius 2 is 1.59 bits per heavy atom. The van der Waals surface area contributed by atoms with Gasteiger partial charge in [-0.25, -0.2) is 0 Å². The van der Waals surface area contributed by atoms with Gasteiger partial charge >= 0.3 is 18.3 Å². The number of fused-ring (bicyclic) bond motifs is 2. The molecule has 1 heterocycles. The molecule has 10 heteroatoms. The lowest BCUT2D eigenvalue weighted by molar-refractivity contribution is -0.185. The fourth-order valence-electron chi connectivity index (χ4n) is 6.52. The fraction of sp³-hybridized carbons (Fsp3) is 0.593. The minimum atomic E-state index is -4.69. The molecule has 0 aromatic heterocycles. The molecule has 3 fully saturated rings. The monoisotopic (exact) mass is 529 g/mol. The highest BCUT2D eigenvalue weighted by Gasteiger charge is 2.44. The van der Waals surface area contributed by atoms with E-state index in [0.717, 1.165) is 18.7 Å². The van der Waals surface area contributed by atoms with Gasteiger partial charge in [0.15, 0.2) is 0 Å². The van der Waals surface area contributed by atoms with Crippen molar-refractivity contribution in [1.82, 2.24) is 4.90 Å². The van der Waals surface area contributed by atoms with Crippen LogP contribution in [0.15, 0.2) is 30.3 Å². The Hall–Kier alpha value is -2.49. The van der Waals surface area contributed by atoms with Gasteiger partial charge in [0.2, 0.25) is 0 Å². The van der Waals surface area contributed by atoms with Gasteiger partial charge in [-0.1, -0.05) is 18.2 Å². The highest BCUT2D eigenvalue weighted by atomic mass is 19.4. The molecule has 2 aromatic rings. The van der Waals surface area contributed by atoms with Gasteiger partial charge in [0.1, 0.15) is 11.3 Å². The molecule has 5 rings (SSSR count). The van der Waals surface area contributed by atoms with Gasteiger partial charge in [0.25, 0.3) is 0 Å². The van der Waals surface area contributed by atoms with Crippen molar-refractivity contribution in [1.29, 1.82) is 0 Å². The van der Waals surface area contributed by atoms with E-state index in [4.69, 9.17) is 4.74 Å². The topological polar surface area (TPSA) is 49.8 Å². The smallest absolute Gasteiger partial charge is 0.420 e. The molecule has 2 aromatic carbocycles. The molecule has 2 aliphatic carbocycles. The highest BCUT2D eigenvalue weighted by molar-refractivity contribution is 5.89. The first-order valence-electron chi connectivity index (χ1n) is 12.7. The van der Waals surface area contributed by atoms with Crippen LogP contribution in [-0.4, -0.2) is 41.3 Å². The number of carboxylic acid groups (broad SMARTS) is 1. The van der Waals surface area contributed by atoms with Crippen molar-refractivity contribution in [2.75, 3.05) is 13.1 Å². The summed E-state index contributed by atoms with van der Waals surface area (Å²) in [7, 11) is 0. The second kappa shape index (κ2) is 9.67. The van der Waals surface area contributed by atoms with Crippen LogP contribution in [0.5, 0.6) is 5.75 Å². The van der Waals surface area contributed by atoms with Gasteiger partial charge in [-0.3, -0.25) is 9.69 Å². The lowest BCUT2D eigenvalue weighted by atomic mass is 9.87. The lowest BCUT2D eigenvalue weighted by Gasteiger charge is -2.31. The molecule has 202 valence electrons. The van der Waals surface area contributed by atoms with E-state index in [0.29, 0.717) is 36.6 Å². The molecule has 0 radical (unpaired) electrons. The normalized spacial score (nSPS) is 29.0. The first-order valence-corrected chi connectivity index (χ1v) is 12.7. The number of benzene rings is 2. The van der Waals surface area contributed by atoms with Gasteiger partial charge in [-0.05, 0) is 78.8 Å². The highest BCUT2D eigenvalue weighted by Crippen LogP contribution is 2.45. The number of hydrogen-bond donors (Lipinski definition) is 1. The molecule has 1 aliphatic heterocycles. The number of halogens is 6. The molecule has 4 nitrogen and oxygen atoms in total. The average Bonchev–Trinajstić information content (AvgIpc) is 3.37. The zero-order valence-electron chi connectivity index (χ0n) is 20.1. The summed E-state index contributed by atoms with van der Waals surface area (Å²) in [5, 5.41) is 9.68. The Labute approximate surface area is 210 Å². The van der Waals surface area contributed by atoms with E-state index in [-0.39, 0.29) is 42.7 Å². The minimum Gasteiger partial charge on any atom is -0.490 e. The largest absolute Gasteiger partial charge is 0.490 e. The molecule has 1 saturated heterocycles. The van der Waals surface area contributed by atoms with E-state index in [1.165, 1.54) is 12.1 Å². The number of ether oxygens (including phenoxy) is 1. The molecule has 0 amide bonds. The molecule has 1 N–H and O–H groups in total. The number of rotatable bonds is 5. The Bertz CT molecular complexity index is 1140. The van der Waals surface area contributed by atoms with Crippen molar-refractivity contribution >= 4 is 16.7 Å². The van der Waals surface area contributed by atoms with Crippen molar-refractivity contribution in [3.05, 3.63) is 41.5 Å². The first kappa shape index (κ1) is 26.1. The number of aliphatic carboxylic acids is 1. The van der Waals surface area contributed by atoms with Crippen molar-refractivity contribution in [3.8, 4) is 5.75 Å². The molecule has 2 atom stereocenters. The third-order valence-electron chi connectivity index (χ3n) is 8.34. The van der Waals surface area contributed by atoms with Gasteiger partial charge in [-0.2, -0.15) is 26.3 Å². The van der Waals surface area contributed by atoms with Gasteiger partial charge < -0.3 is 9.84 Å². The Morgan fingerprint density at radius 1 is 0.946 bits per heavy atom. The minimum absolute atomic E-state index is 0.000295. The van der Waals surface area contributed by atoms with Gasteiger partial charge in [-0.15, -0.1) is 0 Å². The number of carboxylic acids is 1. The van der Waals surface area contributed by atoms with Crippen LogP contribution in [0.1, 0.15) is 49.7 Å². The number of carbonyl (C=O) groups is 1. The van der Waals surface area contributed by atoms with Crippen LogP contribution < -0.4 is 4.74 Å². The summed E-state index contributed by atoms with van der Waals surface area (Å²) in [4.78, 5) is 13.5. The van der Waals surface area contributed by atoms with Crippen LogP contribution in [0.4, 0.5) is 26.3 Å². The molecule has 3 aliphatic rings. The zero-order chi connectivity index (χ0) is 26.5. The maximum Gasteiger partial charge on any atom is 0.420 e. The predicted octanol–water partition coefficient (Wildman–Crippen LogP) is 6.90. The Balaban J connectivity index is 1.30.